The molecule has 0 aliphatic heterocycles. The van der Waals surface area contributed by atoms with Gasteiger partial charge in [-0.15, -0.1) is 5.10 Å². The van der Waals surface area contributed by atoms with Crippen molar-refractivity contribution in [2.24, 2.45) is 0 Å². The van der Waals surface area contributed by atoms with Gasteiger partial charge in [-0.05, 0) is 6.07 Å². The second-order valence-electron chi connectivity index (χ2n) is 2.91. The number of anilines is 1. The summed E-state index contributed by atoms with van der Waals surface area (Å²) in [6, 6.07) is 3.66. The summed E-state index contributed by atoms with van der Waals surface area (Å²) in [5.41, 5.74) is 5.08. The van der Waals surface area contributed by atoms with E-state index in [1.54, 1.807) is 0 Å². The number of aromatic nitrogens is 3. The Bertz CT molecular complexity index is 553. The summed E-state index contributed by atoms with van der Waals surface area (Å²) in [5, 5.41) is 13.9. The Morgan fingerprint density at radius 3 is 2.69 bits per heavy atom. The van der Waals surface area contributed by atoms with Crippen LogP contribution in [0.5, 0.6) is 0 Å². The number of hydrogen-bond acceptors (Lipinski definition) is 5. The van der Waals surface area contributed by atoms with Gasteiger partial charge in [0, 0.05) is 18.3 Å². The van der Waals surface area contributed by atoms with E-state index >= 15 is 0 Å². The van der Waals surface area contributed by atoms with Crippen LogP contribution in [0.4, 0.5) is 15.9 Å². The number of hydrogen-bond donors (Lipinski definition) is 1. The van der Waals surface area contributed by atoms with E-state index in [0.717, 1.165) is 10.7 Å². The van der Waals surface area contributed by atoms with Gasteiger partial charge in [0.15, 0.2) is 5.82 Å². The summed E-state index contributed by atoms with van der Waals surface area (Å²) in [7, 11) is 0. The molecule has 0 aliphatic carbocycles. The molecule has 82 valence electrons. The van der Waals surface area contributed by atoms with Crippen LogP contribution >= 0.6 is 0 Å². The zero-order valence-corrected chi connectivity index (χ0v) is 7.87. The molecule has 0 aromatic carbocycles. The van der Waals surface area contributed by atoms with Crippen LogP contribution in [0, 0.1) is 16.1 Å². The number of halogens is 1. The van der Waals surface area contributed by atoms with E-state index in [-0.39, 0.29) is 17.3 Å². The molecule has 0 unspecified atom stereocenters. The minimum Gasteiger partial charge on any atom is -0.378 e. The first kappa shape index (κ1) is 10.0. The first-order chi connectivity index (χ1) is 7.58. The maximum atomic E-state index is 12.6. The summed E-state index contributed by atoms with van der Waals surface area (Å²) in [6.45, 7) is 0. The van der Waals surface area contributed by atoms with Crippen molar-refractivity contribution in [3.8, 4) is 5.82 Å². The van der Waals surface area contributed by atoms with Crippen LogP contribution in [-0.4, -0.2) is 19.7 Å². The predicted molar refractivity (Wildman–Crippen MR) is 52.4 cm³/mol. The van der Waals surface area contributed by atoms with Gasteiger partial charge in [0.1, 0.15) is 0 Å². The fraction of sp³-hybridized carbons (Fsp3) is 0. The average molecular weight is 223 g/mol. The summed E-state index contributed by atoms with van der Waals surface area (Å²) < 4.78 is 13.8. The van der Waals surface area contributed by atoms with E-state index < -0.39 is 10.9 Å². The maximum Gasteiger partial charge on any atom is 0.311 e. The molecule has 2 heterocycles. The van der Waals surface area contributed by atoms with Gasteiger partial charge in [-0.2, -0.15) is 4.39 Å². The van der Waals surface area contributed by atoms with Crippen molar-refractivity contribution in [1.29, 1.82) is 0 Å². The van der Waals surface area contributed by atoms with Gasteiger partial charge in [0.2, 0.25) is 11.8 Å². The lowest BCUT2D eigenvalue weighted by Crippen LogP contribution is -2.04. The van der Waals surface area contributed by atoms with Gasteiger partial charge in [-0.25, -0.2) is 9.67 Å². The number of nitrogens with zero attached hydrogens (tertiary/aromatic N) is 4. The van der Waals surface area contributed by atoms with Gasteiger partial charge in [0.25, 0.3) is 0 Å². The van der Waals surface area contributed by atoms with E-state index in [0.29, 0.717) is 0 Å². The Kier molecular flexibility index (Phi) is 2.24. The minimum absolute atomic E-state index is 0.215. The standard InChI is InChI=1S/C8H6FN5O2/c9-6-3-4-13(12-6)7-2-1-5(14(15)16)8(10)11-7/h1-4H,(H2,10,11). The fourth-order valence-electron chi connectivity index (χ4n) is 1.17. The van der Waals surface area contributed by atoms with Crippen LogP contribution in [0.15, 0.2) is 24.4 Å². The van der Waals surface area contributed by atoms with E-state index in [4.69, 9.17) is 5.73 Å². The predicted octanol–water partition coefficient (Wildman–Crippen LogP) is 0.897. The average Bonchev–Trinajstić information content (AvgIpc) is 2.64. The van der Waals surface area contributed by atoms with Crippen molar-refractivity contribution in [2.75, 3.05) is 5.73 Å². The van der Waals surface area contributed by atoms with Crippen molar-refractivity contribution < 1.29 is 9.31 Å². The molecule has 0 atom stereocenters. The summed E-state index contributed by atoms with van der Waals surface area (Å²) in [5.74, 6) is -0.691. The Labute approximate surface area is 88.5 Å². The number of pyridine rings is 1. The number of nitrogen functional groups attached to an aromatic ring is 1. The molecule has 0 saturated carbocycles. The topological polar surface area (TPSA) is 99.9 Å². The summed E-state index contributed by atoms with van der Waals surface area (Å²) >= 11 is 0. The molecule has 0 spiro atoms. The highest BCUT2D eigenvalue weighted by molar-refractivity contribution is 5.54. The molecule has 2 aromatic rings. The van der Waals surface area contributed by atoms with Crippen molar-refractivity contribution >= 4 is 11.5 Å². The van der Waals surface area contributed by atoms with Crippen molar-refractivity contribution in [2.45, 2.75) is 0 Å². The smallest absolute Gasteiger partial charge is 0.311 e. The zero-order valence-electron chi connectivity index (χ0n) is 7.87. The number of rotatable bonds is 2. The van der Waals surface area contributed by atoms with Crippen molar-refractivity contribution in [3.05, 3.63) is 40.5 Å². The van der Waals surface area contributed by atoms with Crippen molar-refractivity contribution in [3.63, 3.8) is 0 Å². The highest BCUT2D eigenvalue weighted by Gasteiger charge is 2.13. The molecule has 0 fully saturated rings. The lowest BCUT2D eigenvalue weighted by atomic mass is 10.4. The SMILES string of the molecule is Nc1nc(-n2ccc(F)n2)ccc1[N+](=O)[O-]. The lowest BCUT2D eigenvalue weighted by Gasteiger charge is -2.01. The molecule has 0 radical (unpaired) electrons. The zero-order chi connectivity index (χ0) is 11.7. The van der Waals surface area contributed by atoms with E-state index in [9.17, 15) is 14.5 Å². The highest BCUT2D eigenvalue weighted by atomic mass is 19.1. The Balaban J connectivity index is 2.45. The quantitative estimate of drug-likeness (QED) is 0.602. The Hall–Kier alpha value is -2.51. The molecular formula is C8H6FN5O2. The number of nitro groups is 1. The molecule has 2 rings (SSSR count). The van der Waals surface area contributed by atoms with Crippen LogP contribution in [0.3, 0.4) is 0 Å². The summed E-state index contributed by atoms with van der Waals surface area (Å²) in [4.78, 5) is 13.6. The largest absolute Gasteiger partial charge is 0.378 e. The molecule has 0 amide bonds. The molecule has 0 saturated heterocycles. The highest BCUT2D eigenvalue weighted by Crippen LogP contribution is 2.19. The van der Waals surface area contributed by atoms with E-state index in [1.807, 2.05) is 0 Å². The molecule has 7 nitrogen and oxygen atoms in total. The Morgan fingerprint density at radius 1 is 1.44 bits per heavy atom. The first-order valence-electron chi connectivity index (χ1n) is 4.20. The molecule has 2 aromatic heterocycles. The van der Waals surface area contributed by atoms with E-state index in [1.165, 1.54) is 18.3 Å². The van der Waals surface area contributed by atoms with Crippen LogP contribution in [0.1, 0.15) is 0 Å². The summed E-state index contributed by atoms with van der Waals surface area (Å²) in [6.07, 6.45) is 1.34. The second kappa shape index (κ2) is 3.57. The van der Waals surface area contributed by atoms with Gasteiger partial charge in [-0.3, -0.25) is 10.1 Å². The van der Waals surface area contributed by atoms with Gasteiger partial charge < -0.3 is 5.73 Å². The van der Waals surface area contributed by atoms with Crippen LogP contribution in [0.2, 0.25) is 0 Å². The molecule has 0 aliphatic rings. The van der Waals surface area contributed by atoms with Gasteiger partial charge in [-0.1, -0.05) is 0 Å². The van der Waals surface area contributed by atoms with Crippen LogP contribution < -0.4 is 5.73 Å². The lowest BCUT2D eigenvalue weighted by molar-refractivity contribution is -0.384. The van der Waals surface area contributed by atoms with Gasteiger partial charge in [0.05, 0.1) is 4.92 Å². The fourth-order valence-corrected chi connectivity index (χ4v) is 1.17. The third-order valence-corrected chi connectivity index (χ3v) is 1.88. The van der Waals surface area contributed by atoms with Crippen LogP contribution in [0.25, 0.3) is 5.82 Å². The van der Waals surface area contributed by atoms with Crippen molar-refractivity contribution in [1.82, 2.24) is 14.8 Å². The first-order valence-corrected chi connectivity index (χ1v) is 4.20. The second-order valence-corrected chi connectivity index (χ2v) is 2.91. The third kappa shape index (κ3) is 1.67. The monoisotopic (exact) mass is 223 g/mol. The van der Waals surface area contributed by atoms with Gasteiger partial charge >= 0.3 is 5.69 Å². The maximum absolute atomic E-state index is 12.6. The van der Waals surface area contributed by atoms with E-state index in [2.05, 4.69) is 10.1 Å². The third-order valence-electron chi connectivity index (χ3n) is 1.88. The normalized spacial score (nSPS) is 10.3. The van der Waals surface area contributed by atoms with Crippen LogP contribution in [-0.2, 0) is 0 Å². The molecular weight excluding hydrogens is 217 g/mol. The molecule has 0 bridgehead atoms. The molecule has 8 heteroatoms. The molecule has 16 heavy (non-hydrogen) atoms. The minimum atomic E-state index is -0.668. The Morgan fingerprint density at radius 2 is 2.19 bits per heavy atom. The number of nitrogens with two attached hydrogens (primary N) is 1. The molecule has 2 N–H and O–H groups in total.